The Morgan fingerprint density at radius 1 is 1.23 bits per heavy atom. The quantitative estimate of drug-likeness (QED) is 0.390. The maximum atomic E-state index is 12.6. The topological polar surface area (TPSA) is 55.4 Å². The SMILES string of the molecule is COC(=O)c1cc(I)c(NC(=O)C(F)(F)F)c(C#CC2=CCCCC2)c1. The summed E-state index contributed by atoms with van der Waals surface area (Å²) < 4.78 is 42.7. The molecule has 1 N–H and O–H groups in total. The molecule has 8 heteroatoms. The molecule has 4 nitrogen and oxygen atoms in total. The lowest BCUT2D eigenvalue weighted by Gasteiger charge is -2.13. The maximum absolute atomic E-state index is 12.6. The first-order valence-corrected chi connectivity index (χ1v) is 8.81. The zero-order valence-electron chi connectivity index (χ0n) is 13.8. The summed E-state index contributed by atoms with van der Waals surface area (Å²) in [7, 11) is 1.20. The molecule has 0 saturated heterocycles. The summed E-state index contributed by atoms with van der Waals surface area (Å²) in [5.41, 5.74) is 1.08. The van der Waals surface area contributed by atoms with Gasteiger partial charge in [0.05, 0.1) is 23.9 Å². The predicted molar refractivity (Wildman–Crippen MR) is 98.6 cm³/mol. The third-order valence-electron chi connectivity index (χ3n) is 3.66. The number of halogens is 4. The number of carbonyl (C=O) groups excluding carboxylic acids is 2. The number of hydrogen-bond acceptors (Lipinski definition) is 3. The van der Waals surface area contributed by atoms with Gasteiger partial charge in [-0.1, -0.05) is 17.9 Å². The molecule has 138 valence electrons. The number of benzene rings is 1. The van der Waals surface area contributed by atoms with Gasteiger partial charge < -0.3 is 10.1 Å². The predicted octanol–water partition coefficient (Wildman–Crippen LogP) is 4.43. The number of nitrogens with one attached hydrogen (secondary N) is 1. The van der Waals surface area contributed by atoms with E-state index in [1.807, 2.05) is 11.4 Å². The summed E-state index contributed by atoms with van der Waals surface area (Å²) in [5, 5.41) is 1.85. The fraction of sp³-hybridized carbons (Fsp3) is 0.333. The lowest BCUT2D eigenvalue weighted by atomic mass is 9.99. The van der Waals surface area contributed by atoms with E-state index in [-0.39, 0.29) is 20.4 Å². The van der Waals surface area contributed by atoms with E-state index in [1.54, 1.807) is 22.6 Å². The van der Waals surface area contributed by atoms with Crippen molar-refractivity contribution in [2.45, 2.75) is 31.9 Å². The first-order chi connectivity index (χ1) is 12.2. The van der Waals surface area contributed by atoms with Crippen molar-refractivity contribution in [2.24, 2.45) is 0 Å². The molecule has 0 atom stereocenters. The summed E-state index contributed by atoms with van der Waals surface area (Å²) in [4.78, 5) is 23.1. The van der Waals surface area contributed by atoms with Gasteiger partial charge in [-0.05, 0) is 66.0 Å². The van der Waals surface area contributed by atoms with Gasteiger partial charge in [0.15, 0.2) is 0 Å². The molecule has 1 aliphatic rings. The Kier molecular flexibility index (Phi) is 6.69. The van der Waals surface area contributed by atoms with Crippen LogP contribution in [0.2, 0.25) is 0 Å². The third-order valence-corrected chi connectivity index (χ3v) is 4.51. The number of anilines is 1. The number of hydrogen-bond donors (Lipinski definition) is 1. The van der Waals surface area contributed by atoms with E-state index in [4.69, 9.17) is 0 Å². The maximum Gasteiger partial charge on any atom is 0.471 e. The van der Waals surface area contributed by atoms with Gasteiger partial charge in [-0.15, -0.1) is 0 Å². The Bertz CT molecular complexity index is 819. The van der Waals surface area contributed by atoms with Crippen molar-refractivity contribution in [2.75, 3.05) is 12.4 Å². The lowest BCUT2D eigenvalue weighted by Crippen LogP contribution is -2.30. The molecule has 1 amide bonds. The highest BCUT2D eigenvalue weighted by molar-refractivity contribution is 14.1. The van der Waals surface area contributed by atoms with Gasteiger partial charge in [0.25, 0.3) is 0 Å². The van der Waals surface area contributed by atoms with E-state index in [0.717, 1.165) is 31.3 Å². The Labute approximate surface area is 162 Å². The second-order valence-electron chi connectivity index (χ2n) is 5.55. The Balaban J connectivity index is 2.48. The van der Waals surface area contributed by atoms with Crippen molar-refractivity contribution in [1.82, 2.24) is 0 Å². The Hall–Kier alpha value is -2.02. The van der Waals surface area contributed by atoms with Crippen LogP contribution in [0.1, 0.15) is 41.6 Å². The van der Waals surface area contributed by atoms with Crippen molar-refractivity contribution in [3.8, 4) is 11.8 Å². The van der Waals surface area contributed by atoms with Gasteiger partial charge in [0.2, 0.25) is 0 Å². The van der Waals surface area contributed by atoms with Crippen molar-refractivity contribution in [3.63, 3.8) is 0 Å². The fourth-order valence-electron chi connectivity index (χ4n) is 2.35. The number of carbonyl (C=O) groups is 2. The normalized spacial score (nSPS) is 14.0. The monoisotopic (exact) mass is 477 g/mol. The molecule has 1 aromatic rings. The molecule has 0 saturated carbocycles. The molecule has 1 aromatic carbocycles. The highest BCUT2D eigenvalue weighted by Gasteiger charge is 2.39. The minimum Gasteiger partial charge on any atom is -0.465 e. The average Bonchev–Trinajstić information content (AvgIpc) is 2.61. The molecule has 0 aliphatic heterocycles. The zero-order valence-corrected chi connectivity index (χ0v) is 16.0. The number of ether oxygens (including phenoxy) is 1. The molecule has 0 heterocycles. The lowest BCUT2D eigenvalue weighted by molar-refractivity contribution is -0.167. The molecule has 26 heavy (non-hydrogen) atoms. The van der Waals surface area contributed by atoms with E-state index >= 15 is 0 Å². The Morgan fingerprint density at radius 2 is 1.96 bits per heavy atom. The second kappa shape index (κ2) is 8.58. The molecule has 0 aromatic heterocycles. The van der Waals surface area contributed by atoms with E-state index in [9.17, 15) is 22.8 Å². The van der Waals surface area contributed by atoms with Crippen LogP contribution >= 0.6 is 22.6 Å². The number of methoxy groups -OCH3 is 1. The molecule has 2 rings (SSSR count). The second-order valence-corrected chi connectivity index (χ2v) is 6.71. The van der Waals surface area contributed by atoms with Crippen LogP contribution in [0.15, 0.2) is 23.8 Å². The minimum atomic E-state index is -5.03. The van der Waals surface area contributed by atoms with Crippen LogP contribution in [0.4, 0.5) is 18.9 Å². The van der Waals surface area contributed by atoms with Crippen LogP contribution < -0.4 is 5.32 Å². The molecule has 0 fully saturated rings. The Morgan fingerprint density at radius 3 is 2.54 bits per heavy atom. The molecule has 0 unspecified atom stereocenters. The van der Waals surface area contributed by atoms with Crippen LogP contribution in [0.5, 0.6) is 0 Å². The van der Waals surface area contributed by atoms with Gasteiger partial charge >= 0.3 is 18.1 Å². The van der Waals surface area contributed by atoms with E-state index in [0.29, 0.717) is 0 Å². The molecular weight excluding hydrogens is 462 g/mol. The summed E-state index contributed by atoms with van der Waals surface area (Å²) in [6.45, 7) is 0. The van der Waals surface area contributed by atoms with Gasteiger partial charge in [0, 0.05) is 3.57 Å². The van der Waals surface area contributed by atoms with Crippen LogP contribution in [0.3, 0.4) is 0 Å². The standard InChI is InChI=1S/C18H15F3INO3/c1-26-16(24)13-9-12(8-7-11-5-3-2-4-6-11)15(14(22)10-13)23-17(25)18(19,20)21/h5,9-10H,2-4,6H2,1H3,(H,23,25). The minimum absolute atomic E-state index is 0.0792. The van der Waals surface area contributed by atoms with E-state index < -0.39 is 18.1 Å². The number of amides is 1. The fourth-order valence-corrected chi connectivity index (χ4v) is 3.11. The van der Waals surface area contributed by atoms with Crippen molar-refractivity contribution in [1.29, 1.82) is 0 Å². The zero-order chi connectivity index (χ0) is 19.3. The molecule has 0 spiro atoms. The van der Waals surface area contributed by atoms with Crippen molar-refractivity contribution in [3.05, 3.63) is 38.5 Å². The van der Waals surface area contributed by atoms with Gasteiger partial charge in [-0.3, -0.25) is 4.79 Å². The highest BCUT2D eigenvalue weighted by atomic mass is 127. The van der Waals surface area contributed by atoms with E-state index in [2.05, 4.69) is 16.6 Å². The molecule has 0 bridgehead atoms. The summed E-state index contributed by atoms with van der Waals surface area (Å²) in [6.07, 6.45) is 0.735. The van der Waals surface area contributed by atoms with Crippen molar-refractivity contribution >= 4 is 40.2 Å². The molecule has 0 radical (unpaired) electrons. The summed E-state index contributed by atoms with van der Waals surface area (Å²) >= 11 is 1.74. The average molecular weight is 477 g/mol. The first kappa shape index (κ1) is 20.3. The highest BCUT2D eigenvalue weighted by Crippen LogP contribution is 2.28. The van der Waals surface area contributed by atoms with Crippen LogP contribution in [0.25, 0.3) is 0 Å². The van der Waals surface area contributed by atoms with Gasteiger partial charge in [-0.25, -0.2) is 4.79 Å². The van der Waals surface area contributed by atoms with E-state index in [1.165, 1.54) is 19.2 Å². The number of esters is 1. The number of rotatable bonds is 2. The number of alkyl halides is 3. The first-order valence-electron chi connectivity index (χ1n) is 7.73. The smallest absolute Gasteiger partial charge is 0.465 e. The summed E-state index contributed by atoms with van der Waals surface area (Å²) in [5.74, 6) is 2.97. The van der Waals surface area contributed by atoms with Crippen molar-refractivity contribution < 1.29 is 27.5 Å². The van der Waals surface area contributed by atoms with Gasteiger partial charge in [0.1, 0.15) is 0 Å². The van der Waals surface area contributed by atoms with Crippen LogP contribution in [-0.2, 0) is 9.53 Å². The molecule has 1 aliphatic carbocycles. The third kappa shape index (κ3) is 5.24. The van der Waals surface area contributed by atoms with Crippen LogP contribution in [0, 0.1) is 15.4 Å². The molecular formula is C18H15F3INO3. The largest absolute Gasteiger partial charge is 0.471 e. The number of allylic oxidation sites excluding steroid dienone is 2. The summed E-state index contributed by atoms with van der Waals surface area (Å²) in [6, 6.07) is 2.65. The van der Waals surface area contributed by atoms with Gasteiger partial charge in [-0.2, -0.15) is 13.2 Å². The van der Waals surface area contributed by atoms with Crippen LogP contribution in [-0.4, -0.2) is 25.2 Å².